The van der Waals surface area contributed by atoms with Gasteiger partial charge in [-0.2, -0.15) is 0 Å². The van der Waals surface area contributed by atoms with Crippen LogP contribution >= 0.6 is 11.8 Å². The number of amides is 2. The van der Waals surface area contributed by atoms with E-state index in [0.717, 1.165) is 56.0 Å². The van der Waals surface area contributed by atoms with E-state index in [9.17, 15) is 18.4 Å². The van der Waals surface area contributed by atoms with Gasteiger partial charge in [0.05, 0.1) is 5.75 Å². The van der Waals surface area contributed by atoms with Crippen LogP contribution in [0.3, 0.4) is 0 Å². The Morgan fingerprint density at radius 1 is 1.15 bits per heavy atom. The fourth-order valence-electron chi connectivity index (χ4n) is 3.13. The third-order valence-corrected chi connectivity index (χ3v) is 5.59. The molecule has 2 amide bonds. The van der Waals surface area contributed by atoms with Crippen molar-refractivity contribution in [3.05, 3.63) is 29.8 Å². The molecule has 1 aliphatic rings. The van der Waals surface area contributed by atoms with Crippen LogP contribution in [0.15, 0.2) is 23.1 Å². The molecule has 4 nitrogen and oxygen atoms in total. The van der Waals surface area contributed by atoms with Gasteiger partial charge in [0, 0.05) is 11.4 Å². The van der Waals surface area contributed by atoms with Crippen molar-refractivity contribution in [3.8, 4) is 0 Å². The Balaban J connectivity index is 1.94. The average molecular weight is 384 g/mol. The number of carbonyl (C=O) groups is 2. The summed E-state index contributed by atoms with van der Waals surface area (Å²) in [6.07, 6.45) is 6.02. The lowest BCUT2D eigenvalue weighted by atomic mass is 9.80. The lowest BCUT2D eigenvalue weighted by Crippen LogP contribution is -2.60. The second kappa shape index (κ2) is 9.90. The lowest BCUT2D eigenvalue weighted by Gasteiger charge is -2.36. The van der Waals surface area contributed by atoms with Gasteiger partial charge in [-0.1, -0.05) is 32.6 Å². The molecule has 1 fully saturated rings. The van der Waals surface area contributed by atoms with Crippen LogP contribution in [0.4, 0.5) is 8.78 Å². The minimum absolute atomic E-state index is 0.0507. The maximum absolute atomic E-state index is 13.2. The van der Waals surface area contributed by atoms with Crippen molar-refractivity contribution < 1.29 is 18.4 Å². The number of halogens is 2. The summed E-state index contributed by atoms with van der Waals surface area (Å²) in [5.41, 5.74) is -0.850. The number of hydrogen-bond acceptors (Lipinski definition) is 3. The molecule has 0 bridgehead atoms. The molecule has 0 spiro atoms. The number of unbranched alkanes of at least 4 members (excludes halogenated alkanes) is 1. The third kappa shape index (κ3) is 5.69. The molecule has 2 N–H and O–H groups in total. The molecule has 0 aromatic heterocycles. The van der Waals surface area contributed by atoms with Gasteiger partial charge in [0.2, 0.25) is 11.8 Å². The Bertz CT molecular complexity index is 634. The van der Waals surface area contributed by atoms with Crippen molar-refractivity contribution in [2.75, 3.05) is 12.3 Å². The third-order valence-electron chi connectivity index (χ3n) is 4.60. The van der Waals surface area contributed by atoms with Gasteiger partial charge in [0.15, 0.2) is 11.6 Å². The van der Waals surface area contributed by atoms with Gasteiger partial charge in [-0.25, -0.2) is 8.78 Å². The van der Waals surface area contributed by atoms with E-state index in [4.69, 9.17) is 0 Å². The van der Waals surface area contributed by atoms with Crippen molar-refractivity contribution in [1.29, 1.82) is 0 Å². The van der Waals surface area contributed by atoms with Gasteiger partial charge in [-0.05, 0) is 37.5 Å². The Labute approximate surface area is 157 Å². The summed E-state index contributed by atoms with van der Waals surface area (Å²) in [5.74, 6) is -2.18. The molecule has 0 aliphatic heterocycles. The summed E-state index contributed by atoms with van der Waals surface area (Å²) in [6, 6.07) is 3.55. The van der Waals surface area contributed by atoms with E-state index in [0.29, 0.717) is 24.3 Å². The van der Waals surface area contributed by atoms with E-state index in [1.807, 2.05) is 0 Å². The second-order valence-corrected chi connectivity index (χ2v) is 7.71. The fraction of sp³-hybridized carbons (Fsp3) is 0.579. The molecule has 0 unspecified atom stereocenters. The Morgan fingerprint density at radius 3 is 2.54 bits per heavy atom. The molecule has 0 heterocycles. The summed E-state index contributed by atoms with van der Waals surface area (Å²) >= 11 is 1.12. The quantitative estimate of drug-likeness (QED) is 0.530. The number of rotatable bonds is 8. The van der Waals surface area contributed by atoms with Crippen molar-refractivity contribution in [1.82, 2.24) is 10.6 Å². The summed E-state index contributed by atoms with van der Waals surface area (Å²) in [7, 11) is 0. The summed E-state index contributed by atoms with van der Waals surface area (Å²) in [4.78, 5) is 25.5. The van der Waals surface area contributed by atoms with Crippen LogP contribution in [0.5, 0.6) is 0 Å². The summed E-state index contributed by atoms with van der Waals surface area (Å²) in [5, 5.41) is 5.85. The number of thioether (sulfide) groups is 1. The van der Waals surface area contributed by atoms with Gasteiger partial charge in [-0.3, -0.25) is 9.59 Å². The minimum Gasteiger partial charge on any atom is -0.354 e. The van der Waals surface area contributed by atoms with E-state index in [1.165, 1.54) is 6.07 Å². The average Bonchev–Trinajstić information content (AvgIpc) is 2.63. The zero-order chi connectivity index (χ0) is 19.0. The van der Waals surface area contributed by atoms with Crippen molar-refractivity contribution in [2.24, 2.45) is 0 Å². The van der Waals surface area contributed by atoms with Gasteiger partial charge in [-0.15, -0.1) is 11.8 Å². The molecule has 0 atom stereocenters. The monoisotopic (exact) mass is 384 g/mol. The largest absolute Gasteiger partial charge is 0.354 e. The lowest BCUT2D eigenvalue weighted by molar-refractivity contribution is -0.134. The minimum atomic E-state index is -0.936. The molecule has 0 saturated heterocycles. The van der Waals surface area contributed by atoms with Crippen molar-refractivity contribution in [2.45, 2.75) is 62.3 Å². The molecule has 7 heteroatoms. The smallest absolute Gasteiger partial charge is 0.245 e. The van der Waals surface area contributed by atoms with E-state index in [-0.39, 0.29) is 17.6 Å². The molecule has 1 aromatic carbocycles. The first-order chi connectivity index (χ1) is 12.5. The molecule has 1 aliphatic carbocycles. The highest BCUT2D eigenvalue weighted by Gasteiger charge is 2.40. The molecule has 1 saturated carbocycles. The maximum Gasteiger partial charge on any atom is 0.245 e. The highest BCUT2D eigenvalue weighted by Crippen LogP contribution is 2.29. The predicted molar refractivity (Wildman–Crippen MR) is 99.0 cm³/mol. The Morgan fingerprint density at radius 2 is 1.88 bits per heavy atom. The highest BCUT2D eigenvalue weighted by atomic mass is 32.2. The van der Waals surface area contributed by atoms with Crippen LogP contribution in [0.2, 0.25) is 0 Å². The van der Waals surface area contributed by atoms with Gasteiger partial charge < -0.3 is 10.6 Å². The predicted octanol–water partition coefficient (Wildman–Crippen LogP) is 3.79. The first-order valence-electron chi connectivity index (χ1n) is 9.14. The van der Waals surface area contributed by atoms with Crippen LogP contribution in [-0.4, -0.2) is 29.7 Å². The van der Waals surface area contributed by atoms with E-state index < -0.39 is 17.2 Å². The Hall–Kier alpha value is -1.63. The second-order valence-electron chi connectivity index (χ2n) is 6.66. The van der Waals surface area contributed by atoms with E-state index in [2.05, 4.69) is 17.6 Å². The summed E-state index contributed by atoms with van der Waals surface area (Å²) in [6.45, 7) is 2.66. The molecular weight excluding hydrogens is 358 g/mol. The number of carbonyl (C=O) groups excluding carboxylic acids is 2. The van der Waals surface area contributed by atoms with Crippen molar-refractivity contribution >= 4 is 23.6 Å². The molecule has 2 rings (SSSR count). The van der Waals surface area contributed by atoms with Crippen LogP contribution in [0.1, 0.15) is 51.9 Å². The van der Waals surface area contributed by atoms with Crippen LogP contribution in [-0.2, 0) is 9.59 Å². The first-order valence-corrected chi connectivity index (χ1v) is 10.1. The Kier molecular flexibility index (Phi) is 7.87. The van der Waals surface area contributed by atoms with Gasteiger partial charge in [0.25, 0.3) is 0 Å². The zero-order valence-electron chi connectivity index (χ0n) is 15.1. The maximum atomic E-state index is 13.2. The number of nitrogens with one attached hydrogen (secondary N) is 2. The van der Waals surface area contributed by atoms with Gasteiger partial charge in [0.1, 0.15) is 5.54 Å². The molecule has 0 radical (unpaired) electrons. The van der Waals surface area contributed by atoms with Crippen LogP contribution < -0.4 is 10.6 Å². The van der Waals surface area contributed by atoms with E-state index in [1.54, 1.807) is 0 Å². The number of hydrogen-bond donors (Lipinski definition) is 2. The fourth-order valence-corrected chi connectivity index (χ4v) is 3.85. The number of benzene rings is 1. The van der Waals surface area contributed by atoms with Crippen LogP contribution in [0.25, 0.3) is 0 Å². The molecule has 26 heavy (non-hydrogen) atoms. The molecule has 144 valence electrons. The SMILES string of the molecule is CCCCNC(=O)C1(NC(=O)CSc2ccc(F)c(F)c2)CCCCC1. The van der Waals surface area contributed by atoms with Crippen molar-refractivity contribution in [3.63, 3.8) is 0 Å². The van der Waals surface area contributed by atoms with Gasteiger partial charge >= 0.3 is 0 Å². The normalized spacial score (nSPS) is 16.1. The topological polar surface area (TPSA) is 58.2 Å². The first kappa shape index (κ1) is 20.7. The molecule has 1 aromatic rings. The van der Waals surface area contributed by atoms with Crippen LogP contribution in [0, 0.1) is 11.6 Å². The highest BCUT2D eigenvalue weighted by molar-refractivity contribution is 8.00. The summed E-state index contributed by atoms with van der Waals surface area (Å²) < 4.78 is 26.2. The standard InChI is InChI=1S/C19H26F2N2O2S/c1-2-3-11-22-18(25)19(9-5-4-6-10-19)23-17(24)13-26-14-7-8-15(20)16(21)12-14/h7-8,12H,2-6,9-11,13H2,1H3,(H,22,25)(H,23,24). The van der Waals surface area contributed by atoms with E-state index >= 15 is 0 Å². The zero-order valence-corrected chi connectivity index (χ0v) is 15.9. The molecular formula is C19H26F2N2O2S.